The Labute approximate surface area is 150 Å². The van der Waals surface area contributed by atoms with Crippen LogP contribution in [-0.2, 0) is 14.3 Å². The molecule has 0 heterocycles. The predicted octanol–water partition coefficient (Wildman–Crippen LogP) is 3.81. The lowest BCUT2D eigenvalue weighted by Crippen LogP contribution is -2.33. The number of hydrogen-bond acceptors (Lipinski definition) is 4. The van der Waals surface area contributed by atoms with E-state index in [1.807, 2.05) is 26.8 Å². The number of hydrogen-bond donors (Lipinski definition) is 1. The number of carbonyl (C=O) groups excluding carboxylic acids is 3. The monoisotopic (exact) mass is 349 g/mol. The number of allylic oxidation sites excluding steroid dienone is 2. The third kappa shape index (κ3) is 5.98. The molecule has 0 aliphatic heterocycles. The van der Waals surface area contributed by atoms with Crippen LogP contribution in [0.4, 0.5) is 4.79 Å². The van der Waals surface area contributed by atoms with Gasteiger partial charge in [-0.1, -0.05) is 13.0 Å². The van der Waals surface area contributed by atoms with Gasteiger partial charge in [-0.2, -0.15) is 0 Å². The number of amides is 1. The van der Waals surface area contributed by atoms with Gasteiger partial charge in [0.1, 0.15) is 11.4 Å². The van der Waals surface area contributed by atoms with E-state index in [2.05, 4.69) is 12.2 Å². The molecule has 1 fully saturated rings. The lowest BCUT2D eigenvalue weighted by atomic mass is 9.71. The fourth-order valence-corrected chi connectivity index (χ4v) is 3.85. The van der Waals surface area contributed by atoms with Crippen LogP contribution in [0.2, 0.25) is 0 Å². The number of alkyl carbamates (subject to hydrolysis) is 1. The maximum Gasteiger partial charge on any atom is 0.407 e. The number of rotatable bonds is 4. The fourth-order valence-electron chi connectivity index (χ4n) is 3.85. The molecule has 2 rings (SSSR count). The second-order valence-corrected chi connectivity index (χ2v) is 8.50. The van der Waals surface area contributed by atoms with Crippen LogP contribution in [0.3, 0.4) is 0 Å². The number of fused-ring (bicyclic) bond motifs is 1. The van der Waals surface area contributed by atoms with E-state index in [9.17, 15) is 14.4 Å². The molecule has 0 saturated heterocycles. The Hall–Kier alpha value is -1.65. The average molecular weight is 349 g/mol. The number of ketones is 2. The van der Waals surface area contributed by atoms with Gasteiger partial charge in [0.2, 0.25) is 0 Å². The Morgan fingerprint density at radius 3 is 2.68 bits per heavy atom. The highest BCUT2D eigenvalue weighted by molar-refractivity contribution is 5.96. The smallest absolute Gasteiger partial charge is 0.407 e. The summed E-state index contributed by atoms with van der Waals surface area (Å²) in [7, 11) is 0. The zero-order chi connectivity index (χ0) is 18.6. The first-order valence-corrected chi connectivity index (χ1v) is 9.37. The lowest BCUT2D eigenvalue weighted by Gasteiger charge is -2.31. The molecule has 1 saturated carbocycles. The van der Waals surface area contributed by atoms with E-state index in [0.29, 0.717) is 50.4 Å². The molecule has 140 valence electrons. The van der Waals surface area contributed by atoms with E-state index in [4.69, 9.17) is 4.74 Å². The molecule has 2 aliphatic rings. The fraction of sp³-hybridized carbons (Fsp3) is 0.750. The SMILES string of the molecule is C[C@H]1CC(=O)C2CC=C(CCCNC(=O)OC(C)(C)C)C(=O)C[C@@H]2C1. The van der Waals surface area contributed by atoms with Gasteiger partial charge in [-0.05, 0) is 63.9 Å². The first kappa shape index (κ1) is 19.7. The largest absolute Gasteiger partial charge is 0.444 e. The van der Waals surface area contributed by atoms with Crippen LogP contribution >= 0.6 is 0 Å². The maximum absolute atomic E-state index is 12.5. The molecule has 0 bridgehead atoms. The van der Waals surface area contributed by atoms with Crippen molar-refractivity contribution >= 4 is 17.7 Å². The zero-order valence-electron chi connectivity index (χ0n) is 15.9. The lowest BCUT2D eigenvalue weighted by molar-refractivity contribution is -0.128. The van der Waals surface area contributed by atoms with Crippen LogP contribution in [0.25, 0.3) is 0 Å². The van der Waals surface area contributed by atoms with E-state index in [0.717, 1.165) is 12.0 Å². The minimum atomic E-state index is -0.510. The maximum atomic E-state index is 12.5. The highest BCUT2D eigenvalue weighted by Crippen LogP contribution is 2.38. The predicted molar refractivity (Wildman–Crippen MR) is 96.2 cm³/mol. The van der Waals surface area contributed by atoms with E-state index in [-0.39, 0.29) is 17.6 Å². The highest BCUT2D eigenvalue weighted by Gasteiger charge is 2.37. The van der Waals surface area contributed by atoms with E-state index < -0.39 is 11.7 Å². The summed E-state index contributed by atoms with van der Waals surface area (Å²) in [6, 6.07) is 0. The highest BCUT2D eigenvalue weighted by atomic mass is 16.6. The molecule has 1 N–H and O–H groups in total. The first-order chi connectivity index (χ1) is 11.7. The summed E-state index contributed by atoms with van der Waals surface area (Å²) in [6.45, 7) is 8.04. The molecule has 5 nitrogen and oxygen atoms in total. The summed E-state index contributed by atoms with van der Waals surface area (Å²) in [4.78, 5) is 36.4. The standard InChI is InChI=1S/C20H31NO4/c1-13-10-15-12-17(22)14(7-8-16(15)18(23)11-13)6-5-9-21-19(24)25-20(2,3)4/h7,13,15-16H,5-6,8-12H2,1-4H3,(H,21,24)/t13-,15+,16?/m1/s1. The van der Waals surface area contributed by atoms with Crippen LogP contribution in [0.5, 0.6) is 0 Å². The molecule has 3 atom stereocenters. The average Bonchev–Trinajstić information content (AvgIpc) is 2.60. The molecule has 1 unspecified atom stereocenters. The van der Waals surface area contributed by atoms with Gasteiger partial charge in [-0.25, -0.2) is 4.79 Å². The van der Waals surface area contributed by atoms with E-state index >= 15 is 0 Å². The molecule has 1 amide bonds. The van der Waals surface area contributed by atoms with Crippen molar-refractivity contribution in [2.45, 2.75) is 71.8 Å². The van der Waals surface area contributed by atoms with Crippen LogP contribution in [0.15, 0.2) is 11.6 Å². The van der Waals surface area contributed by atoms with Crippen molar-refractivity contribution < 1.29 is 19.1 Å². The van der Waals surface area contributed by atoms with Crippen LogP contribution < -0.4 is 5.32 Å². The zero-order valence-corrected chi connectivity index (χ0v) is 15.9. The molecule has 25 heavy (non-hydrogen) atoms. The topological polar surface area (TPSA) is 72.5 Å². The quantitative estimate of drug-likeness (QED) is 0.783. The van der Waals surface area contributed by atoms with Gasteiger partial charge >= 0.3 is 6.09 Å². The molecule has 0 spiro atoms. The number of ether oxygens (including phenoxy) is 1. The molecule has 5 heteroatoms. The summed E-state index contributed by atoms with van der Waals surface area (Å²) in [6.07, 6.45) is 5.67. The van der Waals surface area contributed by atoms with Crippen molar-refractivity contribution in [3.05, 3.63) is 11.6 Å². The molecule has 0 aromatic carbocycles. The van der Waals surface area contributed by atoms with Crippen molar-refractivity contribution in [2.24, 2.45) is 17.8 Å². The Morgan fingerprint density at radius 2 is 2.00 bits per heavy atom. The summed E-state index contributed by atoms with van der Waals surface area (Å²) in [5, 5.41) is 2.72. The van der Waals surface area contributed by atoms with Crippen LogP contribution in [0.1, 0.15) is 66.2 Å². The summed E-state index contributed by atoms with van der Waals surface area (Å²) >= 11 is 0. The second kappa shape index (κ2) is 8.15. The summed E-state index contributed by atoms with van der Waals surface area (Å²) in [5.74, 6) is 1.11. The van der Waals surface area contributed by atoms with Gasteiger partial charge in [0.05, 0.1) is 0 Å². The van der Waals surface area contributed by atoms with Crippen LogP contribution in [0, 0.1) is 17.8 Å². The molecule has 0 radical (unpaired) electrons. The summed E-state index contributed by atoms with van der Waals surface area (Å²) < 4.78 is 5.19. The van der Waals surface area contributed by atoms with Crippen molar-refractivity contribution in [2.75, 3.05) is 6.54 Å². The van der Waals surface area contributed by atoms with Gasteiger partial charge in [-0.15, -0.1) is 0 Å². The minimum Gasteiger partial charge on any atom is -0.444 e. The Balaban J connectivity index is 1.81. The van der Waals surface area contributed by atoms with E-state index in [1.54, 1.807) is 0 Å². The van der Waals surface area contributed by atoms with Crippen molar-refractivity contribution in [3.63, 3.8) is 0 Å². The Kier molecular flexibility index (Phi) is 6.42. The molecule has 0 aromatic heterocycles. The van der Waals surface area contributed by atoms with Crippen molar-refractivity contribution in [3.8, 4) is 0 Å². The number of nitrogens with one attached hydrogen (secondary N) is 1. The number of Topliss-reactive ketones (excluding diaryl/α,β-unsaturated/α-hetero) is 2. The second-order valence-electron chi connectivity index (χ2n) is 8.50. The van der Waals surface area contributed by atoms with Crippen molar-refractivity contribution in [1.82, 2.24) is 5.32 Å². The third-order valence-corrected chi connectivity index (χ3v) is 4.95. The Bertz CT molecular complexity index is 559. The van der Waals surface area contributed by atoms with Gasteiger partial charge < -0.3 is 10.1 Å². The van der Waals surface area contributed by atoms with E-state index in [1.165, 1.54) is 0 Å². The molecule has 0 aromatic rings. The first-order valence-electron chi connectivity index (χ1n) is 9.37. The molecular formula is C20H31NO4. The van der Waals surface area contributed by atoms with Gasteiger partial charge in [0.15, 0.2) is 5.78 Å². The number of carbonyl (C=O) groups is 3. The van der Waals surface area contributed by atoms with Crippen molar-refractivity contribution in [1.29, 1.82) is 0 Å². The van der Waals surface area contributed by atoms with Crippen LogP contribution in [-0.4, -0.2) is 29.8 Å². The minimum absolute atomic E-state index is 0.0255. The van der Waals surface area contributed by atoms with Gasteiger partial charge in [0, 0.05) is 25.3 Å². The molecular weight excluding hydrogens is 318 g/mol. The Morgan fingerprint density at radius 1 is 1.28 bits per heavy atom. The van der Waals surface area contributed by atoms with Gasteiger partial charge in [0.25, 0.3) is 0 Å². The third-order valence-electron chi connectivity index (χ3n) is 4.95. The van der Waals surface area contributed by atoms with Gasteiger partial charge in [-0.3, -0.25) is 9.59 Å². The molecule has 2 aliphatic carbocycles. The summed E-state index contributed by atoms with van der Waals surface area (Å²) in [5.41, 5.74) is 0.310. The normalized spacial score (nSPS) is 27.2.